The van der Waals surface area contributed by atoms with Gasteiger partial charge < -0.3 is 228 Å². The van der Waals surface area contributed by atoms with Crippen LogP contribution in [0.3, 0.4) is 0 Å². The van der Waals surface area contributed by atoms with Gasteiger partial charge in [-0.3, -0.25) is 0 Å². The Kier molecular flexibility index (Phi) is 32.8. The maximum absolute atomic E-state index is 12.6. The molecule has 45 atom stereocenters. The molecule has 0 amide bonds. The van der Waals surface area contributed by atoms with E-state index in [1.165, 1.54) is 0 Å². The highest BCUT2D eigenvalue weighted by Gasteiger charge is 2.63. The largest absolute Gasteiger partial charge is 0.394 e. The molecule has 9 aliphatic rings. The fraction of sp³-hybridized carbons (Fsp3) is 1.00. The first-order valence-corrected chi connectivity index (χ1v) is 34.7. The zero-order valence-corrected chi connectivity index (χ0v) is 56.8. The fourth-order valence-electron chi connectivity index (χ4n) is 13.9. The summed E-state index contributed by atoms with van der Waals surface area (Å²) in [5.74, 6) is 0. The minimum Gasteiger partial charge on any atom is -0.394 e. The molecule has 42 unspecified atom stereocenters. The van der Waals surface area contributed by atoms with E-state index in [1.54, 1.807) is 0 Å². The number of hydrogen-bond acceptors (Lipinski definition) is 46. The van der Waals surface area contributed by atoms with Gasteiger partial charge in [-0.25, -0.2) is 0 Å². The Hall–Kier alpha value is -1.84. The first kappa shape index (κ1) is 88.1. The van der Waals surface area contributed by atoms with Crippen molar-refractivity contribution in [2.45, 2.75) is 309 Å². The molecule has 0 aromatic heterocycles. The van der Waals surface area contributed by atoms with Crippen LogP contribution in [-0.2, 0) is 85.3 Å². The molecule has 9 heterocycles. The van der Waals surface area contributed by atoms with Crippen molar-refractivity contribution in [3.05, 3.63) is 0 Å². The summed E-state index contributed by atoms with van der Waals surface area (Å²) in [4.78, 5) is 0. The highest BCUT2D eigenvalue weighted by molar-refractivity contribution is 5.04. The second-order valence-corrected chi connectivity index (χ2v) is 27.1. The summed E-state index contributed by atoms with van der Waals surface area (Å²) in [6, 6.07) is 0. The molecule has 0 aromatic carbocycles. The van der Waals surface area contributed by atoms with E-state index in [4.69, 9.17) is 85.3 Å². The van der Waals surface area contributed by atoms with Crippen molar-refractivity contribution >= 4 is 0 Å². The number of unbranched alkanes of at least 4 members (excludes halogenated alkanes) is 3. The van der Waals surface area contributed by atoms with Crippen molar-refractivity contribution in [3.63, 3.8) is 0 Å². The Bertz CT molecular complexity index is 2560. The first-order valence-electron chi connectivity index (χ1n) is 34.7. The van der Waals surface area contributed by atoms with E-state index in [1.807, 2.05) is 6.92 Å². The van der Waals surface area contributed by atoms with Crippen LogP contribution in [0.2, 0.25) is 0 Å². The van der Waals surface area contributed by atoms with E-state index in [2.05, 4.69) is 0 Å². The molecule has 0 spiro atoms. The SMILES string of the molecule is CCCCCCOC1OC([C@H](O)CO)C(OC2OC(CO)C(OC3OC(CO)C(O)C(O)C3O)C(OC3OC([C@H](O)CO)C(OC4OC(CO)C(OC5OC(CO)C(O)C(O)C5O)C(OC5OC([C@H](O)CO)C(OC6OC(CO)C(OC7OC(CO)C(O)C(O)C7O)C(O)C6O)C5O)C4O)C3O)C2O)C1O. The molecule has 9 fully saturated rings. The van der Waals surface area contributed by atoms with Crippen LogP contribution in [0.25, 0.3) is 0 Å². The lowest BCUT2D eigenvalue weighted by Gasteiger charge is -2.48. The number of ether oxygens (including phenoxy) is 18. The van der Waals surface area contributed by atoms with Crippen LogP contribution < -0.4 is 0 Å². The molecule has 0 bridgehead atoms. The molecule has 0 radical (unpaired) electrons. The maximum atomic E-state index is 12.6. The average molecular weight is 1560 g/mol. The predicted molar refractivity (Wildman–Crippen MR) is 325 cm³/mol. The standard InChI is InChI=1S/C60H104O46/c1-2-3-4-5-6-89-52-36(84)47(41(96-52)16(70)7-61)103-57-39(87)50(45(23(14-68)94-57)100-54-33(81)29(77)26(74)20(11-65)91-54)106-60-38(86)49(43(98-60)18(72)9-63)104-58-40(88)51(46(24(15-69)95-58)101-55-34(82)30(78)27(75)21(12-66)92-55)105-59-37(85)48(42(97-59)17(71)8-62)102-56-35(83)31(79)44(22(13-67)93-56)99-53-32(80)28(76)25(73)19(10-64)90-53/h16-88H,2-15H2,1H3/t16-,17-,18-,19?,20?,21?,22?,23?,24?,25?,26?,27?,28?,29?,30?,31?,32?,33?,34?,35?,36?,37?,38?,39?,40?,41?,42?,43?,44?,45?,46?,47?,48?,49?,50?,51?,52?,53?,54?,55?,56?,57?,58?,59?,60?/m1/s1. The van der Waals surface area contributed by atoms with Gasteiger partial charge in [0.25, 0.3) is 0 Å². The molecule has 106 heavy (non-hydrogen) atoms. The zero-order chi connectivity index (χ0) is 77.6. The quantitative estimate of drug-likeness (QED) is 0.0266. The molecule has 9 rings (SSSR count). The van der Waals surface area contributed by atoms with Crippen molar-refractivity contribution < 1.29 is 228 Å². The Morgan fingerprint density at radius 1 is 0.236 bits per heavy atom. The molecule has 46 nitrogen and oxygen atoms in total. The van der Waals surface area contributed by atoms with Crippen LogP contribution in [0, 0.1) is 0 Å². The molecule has 620 valence electrons. The van der Waals surface area contributed by atoms with E-state index >= 15 is 0 Å². The number of aliphatic hydroxyl groups is 28. The van der Waals surface area contributed by atoms with Crippen molar-refractivity contribution in [1.82, 2.24) is 0 Å². The number of rotatable bonds is 34. The number of hydrogen-bond donors (Lipinski definition) is 28. The third kappa shape index (κ3) is 18.9. The van der Waals surface area contributed by atoms with Gasteiger partial charge >= 0.3 is 0 Å². The summed E-state index contributed by atoms with van der Waals surface area (Å²) in [6.07, 6.45) is -90.3. The van der Waals surface area contributed by atoms with Crippen molar-refractivity contribution in [1.29, 1.82) is 0 Å². The first-order chi connectivity index (χ1) is 50.5. The normalized spacial score (nSPS) is 49.8. The number of aliphatic hydroxyl groups excluding tert-OH is 28. The second kappa shape index (κ2) is 39.5. The molecule has 0 aliphatic carbocycles. The maximum Gasteiger partial charge on any atom is 0.187 e. The van der Waals surface area contributed by atoms with Crippen molar-refractivity contribution in [2.75, 3.05) is 66.1 Å². The topological polar surface area (TPSA) is 733 Å². The lowest BCUT2D eigenvalue weighted by molar-refractivity contribution is -0.381. The van der Waals surface area contributed by atoms with E-state index in [9.17, 15) is 143 Å². The Balaban J connectivity index is 1.00. The smallest absolute Gasteiger partial charge is 0.187 e. The van der Waals surface area contributed by atoms with Gasteiger partial charge in [0.05, 0.1) is 59.5 Å². The van der Waals surface area contributed by atoms with Crippen LogP contribution >= 0.6 is 0 Å². The van der Waals surface area contributed by atoms with Crippen LogP contribution in [0.15, 0.2) is 0 Å². The van der Waals surface area contributed by atoms with Crippen LogP contribution in [-0.4, -0.2) is 485 Å². The third-order valence-corrected chi connectivity index (χ3v) is 20.0. The summed E-state index contributed by atoms with van der Waals surface area (Å²) in [5, 5.41) is 307. The molecule has 0 saturated carbocycles. The molecule has 28 N–H and O–H groups in total. The van der Waals surface area contributed by atoms with Gasteiger partial charge in [0.2, 0.25) is 0 Å². The minimum absolute atomic E-state index is 0.0342. The van der Waals surface area contributed by atoms with Crippen LogP contribution in [0.1, 0.15) is 32.6 Å². The Labute approximate surface area is 602 Å². The average Bonchev–Trinajstić information content (AvgIpc) is 1.44. The fourth-order valence-corrected chi connectivity index (χ4v) is 13.9. The molecule has 46 heteroatoms. The predicted octanol–water partition coefficient (Wildman–Crippen LogP) is -18.0. The van der Waals surface area contributed by atoms with Crippen molar-refractivity contribution in [2.24, 2.45) is 0 Å². The zero-order valence-electron chi connectivity index (χ0n) is 56.8. The van der Waals surface area contributed by atoms with Gasteiger partial charge in [0.1, 0.15) is 220 Å². The molecule has 0 aromatic rings. The van der Waals surface area contributed by atoms with Gasteiger partial charge in [-0.05, 0) is 6.42 Å². The monoisotopic (exact) mass is 1560 g/mol. The summed E-state index contributed by atoms with van der Waals surface area (Å²) < 4.78 is 105. The Morgan fingerprint density at radius 2 is 0.481 bits per heavy atom. The van der Waals surface area contributed by atoms with E-state index in [-0.39, 0.29) is 6.61 Å². The summed E-state index contributed by atoms with van der Waals surface area (Å²) in [5.41, 5.74) is 0. The van der Waals surface area contributed by atoms with Gasteiger partial charge in [-0.1, -0.05) is 26.2 Å². The Morgan fingerprint density at radius 3 is 0.802 bits per heavy atom. The van der Waals surface area contributed by atoms with Gasteiger partial charge in [-0.2, -0.15) is 0 Å². The lowest BCUT2D eigenvalue weighted by atomic mass is 9.96. The van der Waals surface area contributed by atoms with Gasteiger partial charge in [0, 0.05) is 6.61 Å². The van der Waals surface area contributed by atoms with E-state index < -0.39 is 336 Å². The van der Waals surface area contributed by atoms with Gasteiger partial charge in [0.15, 0.2) is 56.6 Å². The summed E-state index contributed by atoms with van der Waals surface area (Å²) >= 11 is 0. The highest BCUT2D eigenvalue weighted by atomic mass is 16.8. The molecule has 9 aliphatic heterocycles. The summed E-state index contributed by atoms with van der Waals surface area (Å²) in [7, 11) is 0. The van der Waals surface area contributed by atoms with Crippen molar-refractivity contribution in [3.8, 4) is 0 Å². The third-order valence-electron chi connectivity index (χ3n) is 20.0. The van der Waals surface area contributed by atoms with Gasteiger partial charge in [-0.15, -0.1) is 0 Å². The van der Waals surface area contributed by atoms with Crippen LogP contribution in [0.4, 0.5) is 0 Å². The molecule has 9 saturated heterocycles. The van der Waals surface area contributed by atoms with Crippen LogP contribution in [0.5, 0.6) is 0 Å². The lowest BCUT2D eigenvalue weighted by Crippen LogP contribution is -2.66. The summed E-state index contributed by atoms with van der Waals surface area (Å²) in [6.45, 7) is -7.92. The minimum atomic E-state index is -2.55. The molecular formula is C60H104O46. The second-order valence-electron chi connectivity index (χ2n) is 27.1. The molecular weight excluding hydrogens is 1460 g/mol. The highest BCUT2D eigenvalue weighted by Crippen LogP contribution is 2.42. The van der Waals surface area contributed by atoms with E-state index in [0.29, 0.717) is 6.42 Å². The van der Waals surface area contributed by atoms with E-state index in [0.717, 1.165) is 19.3 Å².